The van der Waals surface area contributed by atoms with E-state index in [1.165, 1.54) is 12.1 Å². The maximum absolute atomic E-state index is 12.8. The maximum atomic E-state index is 12.8. The van der Waals surface area contributed by atoms with Gasteiger partial charge in [-0.15, -0.1) is 0 Å². The fourth-order valence-electron chi connectivity index (χ4n) is 1.68. The number of nitrogens with one attached hydrogen (secondary N) is 1. The molecular formula is C13H10FN3S. The first-order valence-corrected chi connectivity index (χ1v) is 6.36. The van der Waals surface area contributed by atoms with Crippen LogP contribution >= 0.6 is 11.8 Å². The predicted octanol–water partition coefficient (Wildman–Crippen LogP) is 2.92. The number of thioether (sulfide) groups is 1. The fraction of sp³-hybridized carbons (Fsp3) is 0.0769. The molecule has 0 fully saturated rings. The van der Waals surface area contributed by atoms with Gasteiger partial charge in [-0.1, -0.05) is 17.8 Å². The number of nitrogens with zero attached hydrogens (tertiary/aromatic N) is 2. The van der Waals surface area contributed by atoms with Gasteiger partial charge in [0.1, 0.15) is 16.2 Å². The lowest BCUT2D eigenvalue weighted by Crippen LogP contribution is -2.06. The quantitative estimate of drug-likeness (QED) is 0.901. The maximum Gasteiger partial charge on any atom is 0.126 e. The summed E-state index contributed by atoms with van der Waals surface area (Å²) in [7, 11) is 0. The third-order valence-corrected chi connectivity index (χ3v) is 3.75. The fourth-order valence-corrected chi connectivity index (χ4v) is 2.66. The molecule has 2 aromatic rings. The minimum atomic E-state index is -0.237. The normalized spacial score (nSPS) is 18.3. The zero-order chi connectivity index (χ0) is 12.4. The molecule has 1 atom stereocenters. The van der Waals surface area contributed by atoms with Crippen molar-refractivity contribution in [2.75, 3.05) is 0 Å². The zero-order valence-corrected chi connectivity index (χ0v) is 10.2. The number of rotatable bonds is 2. The zero-order valence-electron chi connectivity index (χ0n) is 9.38. The van der Waals surface area contributed by atoms with Crippen molar-refractivity contribution >= 4 is 16.8 Å². The topological polar surface area (TPSA) is 37.3 Å². The molecule has 0 radical (unpaired) electrons. The van der Waals surface area contributed by atoms with Crippen LogP contribution in [0.3, 0.4) is 0 Å². The van der Waals surface area contributed by atoms with Crippen molar-refractivity contribution in [1.29, 1.82) is 0 Å². The molecule has 1 aliphatic rings. The first-order chi connectivity index (χ1) is 8.83. The van der Waals surface area contributed by atoms with Crippen molar-refractivity contribution in [3.8, 4) is 0 Å². The van der Waals surface area contributed by atoms with E-state index in [-0.39, 0.29) is 11.2 Å². The SMILES string of the molecule is Fc1ccc(C2=NNC(c3cccnc3)S2)cc1. The van der Waals surface area contributed by atoms with E-state index < -0.39 is 0 Å². The van der Waals surface area contributed by atoms with Crippen LogP contribution in [0.1, 0.15) is 16.5 Å². The van der Waals surface area contributed by atoms with Gasteiger partial charge in [-0.25, -0.2) is 4.39 Å². The molecule has 3 nitrogen and oxygen atoms in total. The molecule has 1 unspecified atom stereocenters. The van der Waals surface area contributed by atoms with E-state index in [4.69, 9.17) is 0 Å². The van der Waals surface area contributed by atoms with Gasteiger partial charge in [0.15, 0.2) is 0 Å². The molecule has 3 rings (SSSR count). The lowest BCUT2D eigenvalue weighted by molar-refractivity contribution is 0.628. The van der Waals surface area contributed by atoms with Crippen LogP contribution in [0.15, 0.2) is 53.9 Å². The number of pyridine rings is 1. The third kappa shape index (κ3) is 2.22. The first kappa shape index (κ1) is 11.2. The van der Waals surface area contributed by atoms with Crippen LogP contribution in [0.5, 0.6) is 0 Å². The molecule has 1 N–H and O–H groups in total. The molecule has 0 aliphatic carbocycles. The second kappa shape index (κ2) is 4.78. The Kier molecular flexibility index (Phi) is 2.98. The van der Waals surface area contributed by atoms with Crippen LogP contribution < -0.4 is 5.43 Å². The summed E-state index contributed by atoms with van der Waals surface area (Å²) in [5, 5.41) is 5.21. The van der Waals surface area contributed by atoms with E-state index in [2.05, 4.69) is 15.5 Å². The van der Waals surface area contributed by atoms with Crippen LogP contribution in [0, 0.1) is 5.82 Å². The van der Waals surface area contributed by atoms with E-state index in [1.807, 2.05) is 18.3 Å². The minimum absolute atomic E-state index is 0.0683. The highest BCUT2D eigenvalue weighted by Crippen LogP contribution is 2.33. The summed E-state index contributed by atoms with van der Waals surface area (Å²) >= 11 is 1.60. The van der Waals surface area contributed by atoms with Crippen LogP contribution in [-0.2, 0) is 0 Å². The molecule has 90 valence electrons. The average Bonchev–Trinajstić information content (AvgIpc) is 2.90. The molecule has 1 aromatic heterocycles. The number of benzene rings is 1. The van der Waals surface area contributed by atoms with Crippen LogP contribution in [0.2, 0.25) is 0 Å². The van der Waals surface area contributed by atoms with Gasteiger partial charge in [0.25, 0.3) is 0 Å². The van der Waals surface area contributed by atoms with Gasteiger partial charge in [-0.2, -0.15) is 5.10 Å². The van der Waals surface area contributed by atoms with Crippen LogP contribution in [-0.4, -0.2) is 10.0 Å². The van der Waals surface area contributed by atoms with Crippen LogP contribution in [0.25, 0.3) is 0 Å². The summed E-state index contributed by atoms with van der Waals surface area (Å²) < 4.78 is 12.8. The Morgan fingerprint density at radius 3 is 2.72 bits per heavy atom. The number of hydrogen-bond acceptors (Lipinski definition) is 4. The standard InChI is InChI=1S/C13H10FN3S/c14-11-5-3-9(4-6-11)12-16-17-13(18-12)10-2-1-7-15-8-10/h1-8,13,17H. The lowest BCUT2D eigenvalue weighted by Gasteiger charge is -2.08. The van der Waals surface area contributed by atoms with Crippen LogP contribution in [0.4, 0.5) is 4.39 Å². The molecule has 1 aromatic carbocycles. The summed E-state index contributed by atoms with van der Waals surface area (Å²) in [6.07, 6.45) is 3.55. The van der Waals surface area contributed by atoms with Crippen molar-refractivity contribution in [3.63, 3.8) is 0 Å². The van der Waals surface area contributed by atoms with Gasteiger partial charge in [-0.05, 0) is 30.3 Å². The van der Waals surface area contributed by atoms with E-state index in [9.17, 15) is 4.39 Å². The van der Waals surface area contributed by atoms with Crippen molar-refractivity contribution in [2.45, 2.75) is 5.37 Å². The molecule has 1 aliphatic heterocycles. The number of aromatic nitrogens is 1. The minimum Gasteiger partial charge on any atom is -0.291 e. The Balaban J connectivity index is 1.77. The molecule has 0 saturated carbocycles. The number of hydrogen-bond donors (Lipinski definition) is 1. The van der Waals surface area contributed by atoms with Gasteiger partial charge in [-0.3, -0.25) is 10.4 Å². The Labute approximate surface area is 108 Å². The molecule has 18 heavy (non-hydrogen) atoms. The molecule has 2 heterocycles. The third-order valence-electron chi connectivity index (χ3n) is 2.59. The summed E-state index contributed by atoms with van der Waals surface area (Å²) in [6.45, 7) is 0. The molecule has 0 amide bonds. The van der Waals surface area contributed by atoms with Crippen molar-refractivity contribution in [3.05, 3.63) is 65.7 Å². The van der Waals surface area contributed by atoms with Crippen molar-refractivity contribution < 1.29 is 4.39 Å². The second-order valence-electron chi connectivity index (χ2n) is 3.84. The Hall–Kier alpha value is -1.88. The summed E-state index contributed by atoms with van der Waals surface area (Å²) in [6, 6.07) is 10.2. The summed E-state index contributed by atoms with van der Waals surface area (Å²) in [4.78, 5) is 4.08. The van der Waals surface area contributed by atoms with E-state index >= 15 is 0 Å². The second-order valence-corrected chi connectivity index (χ2v) is 4.93. The van der Waals surface area contributed by atoms with Gasteiger partial charge in [0.05, 0.1) is 0 Å². The van der Waals surface area contributed by atoms with Crippen molar-refractivity contribution in [2.24, 2.45) is 5.10 Å². The summed E-state index contributed by atoms with van der Waals surface area (Å²) in [5.74, 6) is -0.237. The van der Waals surface area contributed by atoms with Gasteiger partial charge in [0.2, 0.25) is 0 Å². The molecule has 0 saturated heterocycles. The monoisotopic (exact) mass is 259 g/mol. The highest BCUT2D eigenvalue weighted by Gasteiger charge is 2.21. The Morgan fingerprint density at radius 1 is 1.17 bits per heavy atom. The van der Waals surface area contributed by atoms with Gasteiger partial charge >= 0.3 is 0 Å². The highest BCUT2D eigenvalue weighted by atomic mass is 32.2. The Bertz CT molecular complexity index is 569. The van der Waals surface area contributed by atoms with Gasteiger partial charge < -0.3 is 0 Å². The lowest BCUT2D eigenvalue weighted by atomic mass is 10.2. The first-order valence-electron chi connectivity index (χ1n) is 5.49. The van der Waals surface area contributed by atoms with E-state index in [1.54, 1.807) is 30.1 Å². The largest absolute Gasteiger partial charge is 0.291 e. The Morgan fingerprint density at radius 2 is 2.00 bits per heavy atom. The van der Waals surface area contributed by atoms with E-state index in [0.29, 0.717) is 0 Å². The summed E-state index contributed by atoms with van der Waals surface area (Å²) in [5.41, 5.74) is 5.04. The van der Waals surface area contributed by atoms with Crippen molar-refractivity contribution in [1.82, 2.24) is 10.4 Å². The molecule has 0 bridgehead atoms. The molecule has 0 spiro atoms. The highest BCUT2D eigenvalue weighted by molar-refractivity contribution is 8.14. The number of halogens is 1. The molecular weight excluding hydrogens is 249 g/mol. The average molecular weight is 259 g/mol. The predicted molar refractivity (Wildman–Crippen MR) is 70.6 cm³/mol. The van der Waals surface area contributed by atoms with E-state index in [0.717, 1.165) is 16.2 Å². The smallest absolute Gasteiger partial charge is 0.126 e. The number of hydrazone groups is 1. The molecule has 5 heteroatoms. The van der Waals surface area contributed by atoms with Gasteiger partial charge in [0, 0.05) is 23.5 Å².